The van der Waals surface area contributed by atoms with Crippen LogP contribution in [0.5, 0.6) is 0 Å². The Morgan fingerprint density at radius 2 is 2.12 bits per heavy atom. The van der Waals surface area contributed by atoms with E-state index >= 15 is 0 Å². The van der Waals surface area contributed by atoms with Crippen molar-refractivity contribution in [2.45, 2.75) is 51.2 Å². The largest absolute Gasteiger partial charge is 0.393 e. The summed E-state index contributed by atoms with van der Waals surface area (Å²) in [7, 11) is 0. The highest BCUT2D eigenvalue weighted by Crippen LogP contribution is 2.27. The average Bonchev–Trinajstić information content (AvgIpc) is 3.07. The third-order valence-electron chi connectivity index (χ3n) is 4.70. The Bertz CT molecular complexity index is 672. The lowest BCUT2D eigenvalue weighted by atomic mass is 9.83. The highest BCUT2D eigenvalue weighted by atomic mass is 16.3. The van der Waals surface area contributed by atoms with Gasteiger partial charge in [-0.15, -0.1) is 0 Å². The summed E-state index contributed by atoms with van der Waals surface area (Å²) in [6.07, 6.45) is 9.48. The summed E-state index contributed by atoms with van der Waals surface area (Å²) in [5, 5.41) is 19.8. The predicted octanol–water partition coefficient (Wildman–Crippen LogP) is 1.86. The molecule has 7 heteroatoms. The quantitative estimate of drug-likeness (QED) is 0.705. The van der Waals surface area contributed by atoms with E-state index in [1.165, 1.54) is 6.42 Å². The molecule has 0 spiro atoms. The van der Waals surface area contributed by atoms with Gasteiger partial charge >= 0.3 is 6.03 Å². The summed E-state index contributed by atoms with van der Waals surface area (Å²) < 4.78 is 1.71. The maximum atomic E-state index is 11.9. The van der Waals surface area contributed by atoms with E-state index in [-0.39, 0.29) is 12.1 Å². The van der Waals surface area contributed by atoms with Crippen LogP contribution in [0.3, 0.4) is 0 Å². The highest BCUT2D eigenvalue weighted by molar-refractivity contribution is 5.73. The zero-order chi connectivity index (χ0) is 16.8. The molecular weight excluding hydrogens is 306 g/mol. The Balaban J connectivity index is 1.36. The molecule has 0 bridgehead atoms. The first-order valence-corrected chi connectivity index (χ1v) is 8.71. The molecule has 3 N–H and O–H groups in total. The van der Waals surface area contributed by atoms with Gasteiger partial charge in [0.15, 0.2) is 5.65 Å². The van der Waals surface area contributed by atoms with Gasteiger partial charge in [-0.05, 0) is 37.7 Å². The Morgan fingerprint density at radius 1 is 1.25 bits per heavy atom. The molecule has 0 aliphatic heterocycles. The molecule has 1 fully saturated rings. The Labute approximate surface area is 141 Å². The molecule has 2 amide bonds. The molecule has 1 saturated carbocycles. The number of rotatable bonds is 6. The molecule has 2 heterocycles. The van der Waals surface area contributed by atoms with Crippen LogP contribution < -0.4 is 10.6 Å². The van der Waals surface area contributed by atoms with Crippen LogP contribution in [0.25, 0.3) is 5.65 Å². The fourth-order valence-corrected chi connectivity index (χ4v) is 3.34. The summed E-state index contributed by atoms with van der Waals surface area (Å²) >= 11 is 0. The van der Waals surface area contributed by atoms with Crippen molar-refractivity contribution in [3.05, 3.63) is 30.2 Å². The number of aromatic nitrogens is 3. The normalized spacial score (nSPS) is 20.9. The van der Waals surface area contributed by atoms with E-state index < -0.39 is 0 Å². The van der Waals surface area contributed by atoms with E-state index in [0.717, 1.165) is 43.4 Å². The summed E-state index contributed by atoms with van der Waals surface area (Å²) in [4.78, 5) is 16.1. The Kier molecular flexibility index (Phi) is 5.63. The number of urea groups is 1. The minimum atomic E-state index is -0.184. The van der Waals surface area contributed by atoms with E-state index in [2.05, 4.69) is 20.7 Å². The van der Waals surface area contributed by atoms with Crippen molar-refractivity contribution in [2.24, 2.45) is 5.92 Å². The summed E-state index contributed by atoms with van der Waals surface area (Å²) in [5.41, 5.74) is 1.64. The van der Waals surface area contributed by atoms with E-state index in [4.69, 9.17) is 0 Å². The third-order valence-corrected chi connectivity index (χ3v) is 4.70. The third kappa shape index (κ3) is 4.23. The van der Waals surface area contributed by atoms with Gasteiger partial charge in [-0.25, -0.2) is 14.3 Å². The van der Waals surface area contributed by atoms with Gasteiger partial charge in [-0.2, -0.15) is 5.10 Å². The van der Waals surface area contributed by atoms with Gasteiger partial charge in [0, 0.05) is 18.8 Å². The van der Waals surface area contributed by atoms with Gasteiger partial charge in [0.2, 0.25) is 0 Å². The number of carbonyl (C=O) groups excluding carboxylic acids is 1. The molecule has 1 aliphatic carbocycles. The van der Waals surface area contributed by atoms with Crippen LogP contribution in [0.15, 0.2) is 24.5 Å². The number of nitrogens with one attached hydrogen (secondary N) is 2. The van der Waals surface area contributed by atoms with Crippen LogP contribution in [0.2, 0.25) is 0 Å². The SMILES string of the molecule is O=C(NCCCC1CCCCC1O)NCc1ccnc2ccnn12. The molecule has 0 saturated heterocycles. The van der Waals surface area contributed by atoms with E-state index in [1.54, 1.807) is 16.9 Å². The second-order valence-corrected chi connectivity index (χ2v) is 6.40. The number of fused-ring (bicyclic) bond motifs is 1. The first kappa shape index (κ1) is 16.7. The maximum absolute atomic E-state index is 11.9. The second-order valence-electron chi connectivity index (χ2n) is 6.40. The molecule has 0 radical (unpaired) electrons. The lowest BCUT2D eigenvalue weighted by Crippen LogP contribution is -2.36. The number of aliphatic hydroxyl groups is 1. The molecule has 2 aromatic rings. The lowest BCUT2D eigenvalue weighted by molar-refractivity contribution is 0.0644. The van der Waals surface area contributed by atoms with Gasteiger partial charge < -0.3 is 15.7 Å². The molecule has 2 aromatic heterocycles. The van der Waals surface area contributed by atoms with Crippen molar-refractivity contribution >= 4 is 11.7 Å². The van der Waals surface area contributed by atoms with Crippen molar-refractivity contribution < 1.29 is 9.90 Å². The molecule has 1 aliphatic rings. The smallest absolute Gasteiger partial charge is 0.315 e. The molecule has 2 atom stereocenters. The van der Waals surface area contributed by atoms with Crippen LogP contribution in [0, 0.1) is 5.92 Å². The van der Waals surface area contributed by atoms with E-state index in [9.17, 15) is 9.90 Å². The molecule has 3 rings (SSSR count). The number of hydrogen-bond donors (Lipinski definition) is 3. The van der Waals surface area contributed by atoms with Crippen molar-refractivity contribution in [3.63, 3.8) is 0 Å². The maximum Gasteiger partial charge on any atom is 0.315 e. The zero-order valence-electron chi connectivity index (χ0n) is 13.8. The van der Waals surface area contributed by atoms with Crippen molar-refractivity contribution in [2.75, 3.05) is 6.54 Å². The van der Waals surface area contributed by atoms with Gasteiger partial charge in [0.25, 0.3) is 0 Å². The van der Waals surface area contributed by atoms with Crippen LogP contribution in [0.4, 0.5) is 4.79 Å². The van der Waals surface area contributed by atoms with Crippen molar-refractivity contribution in [1.82, 2.24) is 25.2 Å². The van der Waals surface area contributed by atoms with Crippen LogP contribution in [-0.2, 0) is 6.54 Å². The van der Waals surface area contributed by atoms with E-state index in [0.29, 0.717) is 19.0 Å². The number of aliphatic hydroxyl groups excluding tert-OH is 1. The summed E-state index contributed by atoms with van der Waals surface area (Å²) in [6.45, 7) is 1.02. The van der Waals surface area contributed by atoms with Crippen molar-refractivity contribution in [1.29, 1.82) is 0 Å². The van der Waals surface area contributed by atoms with Crippen LogP contribution in [0.1, 0.15) is 44.2 Å². The fourth-order valence-electron chi connectivity index (χ4n) is 3.34. The van der Waals surface area contributed by atoms with Gasteiger partial charge in [-0.3, -0.25) is 0 Å². The fraction of sp³-hybridized carbons (Fsp3) is 0.588. The first-order valence-electron chi connectivity index (χ1n) is 8.71. The predicted molar refractivity (Wildman–Crippen MR) is 90.4 cm³/mol. The van der Waals surface area contributed by atoms with Crippen molar-refractivity contribution in [3.8, 4) is 0 Å². The Hall–Kier alpha value is -2.15. The van der Waals surface area contributed by atoms with Crippen LogP contribution in [-0.4, -0.2) is 38.4 Å². The van der Waals surface area contributed by atoms with Gasteiger partial charge in [-0.1, -0.05) is 12.8 Å². The number of hydrogen-bond acceptors (Lipinski definition) is 4. The minimum absolute atomic E-state index is 0.157. The van der Waals surface area contributed by atoms with Gasteiger partial charge in [0.05, 0.1) is 24.5 Å². The molecule has 130 valence electrons. The number of amides is 2. The topological polar surface area (TPSA) is 91.5 Å². The summed E-state index contributed by atoms with van der Waals surface area (Å²) in [5.74, 6) is 0.397. The minimum Gasteiger partial charge on any atom is -0.393 e. The Morgan fingerprint density at radius 3 is 3.00 bits per heavy atom. The number of nitrogens with zero attached hydrogens (tertiary/aromatic N) is 3. The van der Waals surface area contributed by atoms with Gasteiger partial charge in [0.1, 0.15) is 0 Å². The standard InChI is InChI=1S/C17H25N5O2/c23-15-6-2-1-4-13(15)5-3-9-19-17(24)20-12-14-7-10-18-16-8-11-21-22(14)16/h7-8,10-11,13,15,23H,1-6,9,12H2,(H2,19,20,24). The molecule has 7 nitrogen and oxygen atoms in total. The second kappa shape index (κ2) is 8.10. The highest BCUT2D eigenvalue weighted by Gasteiger charge is 2.22. The average molecular weight is 331 g/mol. The molecule has 0 aromatic carbocycles. The molecule has 2 unspecified atom stereocenters. The lowest BCUT2D eigenvalue weighted by Gasteiger charge is -2.27. The number of carbonyl (C=O) groups is 1. The first-order chi connectivity index (χ1) is 11.7. The van der Waals surface area contributed by atoms with Crippen LogP contribution >= 0.6 is 0 Å². The monoisotopic (exact) mass is 331 g/mol. The summed E-state index contributed by atoms with van der Waals surface area (Å²) in [6, 6.07) is 3.48. The van der Waals surface area contributed by atoms with E-state index in [1.807, 2.05) is 12.1 Å². The molecular formula is C17H25N5O2. The molecule has 24 heavy (non-hydrogen) atoms. The zero-order valence-corrected chi connectivity index (χ0v) is 13.8.